The maximum absolute atomic E-state index is 5.39. The Morgan fingerprint density at radius 3 is 2.09 bits per heavy atom. The highest BCUT2D eigenvalue weighted by Gasteiger charge is 1.75. The zero-order valence-electron chi connectivity index (χ0n) is 7.46. The van der Waals surface area contributed by atoms with Crippen molar-refractivity contribution in [2.75, 3.05) is 0 Å². The number of hydrogen-bond donors (Lipinski definition) is 2. The minimum absolute atomic E-state index is 0.656. The summed E-state index contributed by atoms with van der Waals surface area (Å²) in [6, 6.07) is 0. The van der Waals surface area contributed by atoms with E-state index in [1.54, 1.807) is 12.2 Å². The van der Waals surface area contributed by atoms with Crippen LogP contribution in [0.5, 0.6) is 0 Å². The second-order valence-corrected chi connectivity index (χ2v) is 2.38. The first-order chi connectivity index (χ1) is 5.16. The summed E-state index contributed by atoms with van der Waals surface area (Å²) in [6.45, 7) is 9.38. The molecule has 0 aliphatic rings. The van der Waals surface area contributed by atoms with Crippen LogP contribution in [0.3, 0.4) is 0 Å². The Morgan fingerprint density at radius 2 is 1.82 bits per heavy atom. The fraction of sp³-hybridized carbons (Fsp3) is 0.333. The fourth-order valence-corrected chi connectivity index (χ4v) is 0.359. The van der Waals surface area contributed by atoms with Crippen molar-refractivity contribution in [3.63, 3.8) is 0 Å². The molecule has 0 saturated carbocycles. The van der Waals surface area contributed by atoms with Crippen LogP contribution in [-0.2, 0) is 0 Å². The molecule has 0 aromatic heterocycles. The fourth-order valence-electron chi connectivity index (χ4n) is 0.285. The van der Waals surface area contributed by atoms with Crippen molar-refractivity contribution in [3.05, 3.63) is 35.4 Å². The highest BCUT2D eigenvalue weighted by atomic mass is 32.1. The first-order valence-electron chi connectivity index (χ1n) is 3.62. The van der Waals surface area contributed by atoms with Crippen molar-refractivity contribution in [3.8, 4) is 0 Å². The van der Waals surface area contributed by atoms with Gasteiger partial charge in [-0.05, 0) is 24.0 Å². The Hall–Kier alpha value is -0.630. The van der Waals surface area contributed by atoms with E-state index in [-0.39, 0.29) is 0 Å². The Labute approximate surface area is 75.1 Å². The van der Waals surface area contributed by atoms with Gasteiger partial charge in [0.2, 0.25) is 0 Å². The molecule has 0 heterocycles. The van der Waals surface area contributed by atoms with Crippen LogP contribution in [0.1, 0.15) is 20.8 Å². The van der Waals surface area contributed by atoms with Crippen LogP contribution in [0.4, 0.5) is 0 Å². The Balaban J connectivity index is 0. The summed E-state index contributed by atoms with van der Waals surface area (Å²) in [5, 5.41) is 0. The van der Waals surface area contributed by atoms with Crippen molar-refractivity contribution >= 4 is 12.6 Å². The van der Waals surface area contributed by atoms with Gasteiger partial charge in [-0.2, -0.15) is 0 Å². The van der Waals surface area contributed by atoms with Gasteiger partial charge < -0.3 is 5.73 Å². The van der Waals surface area contributed by atoms with Crippen LogP contribution in [0.2, 0.25) is 0 Å². The lowest BCUT2D eigenvalue weighted by atomic mass is 10.4. The van der Waals surface area contributed by atoms with E-state index in [9.17, 15) is 0 Å². The topological polar surface area (TPSA) is 26.0 Å². The van der Waals surface area contributed by atoms with E-state index in [1.165, 1.54) is 0 Å². The number of rotatable bonds is 2. The van der Waals surface area contributed by atoms with Crippen LogP contribution >= 0.6 is 12.6 Å². The predicted molar refractivity (Wildman–Crippen MR) is 56.6 cm³/mol. The zero-order valence-corrected chi connectivity index (χ0v) is 8.36. The van der Waals surface area contributed by atoms with Crippen molar-refractivity contribution in [1.29, 1.82) is 0 Å². The van der Waals surface area contributed by atoms with Gasteiger partial charge in [-0.25, -0.2) is 0 Å². The summed E-state index contributed by atoms with van der Waals surface area (Å²) in [5.41, 5.74) is 6.04. The maximum atomic E-state index is 5.39. The van der Waals surface area contributed by atoms with E-state index in [4.69, 9.17) is 5.73 Å². The van der Waals surface area contributed by atoms with Crippen LogP contribution < -0.4 is 5.73 Å². The first kappa shape index (κ1) is 13.0. The quantitative estimate of drug-likeness (QED) is 0.485. The highest BCUT2D eigenvalue weighted by molar-refractivity contribution is 7.84. The minimum atomic E-state index is 0.656. The minimum Gasteiger partial charge on any atom is -0.399 e. The molecule has 0 aliphatic carbocycles. The van der Waals surface area contributed by atoms with Crippen molar-refractivity contribution in [1.82, 2.24) is 0 Å². The lowest BCUT2D eigenvalue weighted by molar-refractivity contribution is 1.43. The van der Waals surface area contributed by atoms with Crippen molar-refractivity contribution in [2.45, 2.75) is 20.8 Å². The summed E-state index contributed by atoms with van der Waals surface area (Å²) in [4.78, 5) is 0.930. The Morgan fingerprint density at radius 1 is 1.36 bits per heavy atom. The van der Waals surface area contributed by atoms with Crippen molar-refractivity contribution < 1.29 is 0 Å². The normalized spacial score (nSPS) is 11.6. The molecule has 2 N–H and O–H groups in total. The van der Waals surface area contributed by atoms with Gasteiger partial charge in [0.15, 0.2) is 0 Å². The van der Waals surface area contributed by atoms with Crippen LogP contribution in [0, 0.1) is 0 Å². The second-order valence-electron chi connectivity index (χ2n) is 1.68. The number of allylic oxidation sites excluding steroid dienone is 4. The molecule has 0 amide bonds. The second kappa shape index (κ2) is 9.37. The molecular formula is C9H17NS. The summed E-state index contributed by atoms with van der Waals surface area (Å²) >= 11 is 4.04. The smallest absolute Gasteiger partial charge is 0.0308 e. The largest absolute Gasteiger partial charge is 0.399 e. The van der Waals surface area contributed by atoms with E-state index in [0.29, 0.717) is 5.70 Å². The summed E-state index contributed by atoms with van der Waals surface area (Å²) < 4.78 is 0. The van der Waals surface area contributed by atoms with Gasteiger partial charge in [-0.3, -0.25) is 0 Å². The predicted octanol–water partition coefficient (Wildman–Crippen LogP) is 2.87. The monoisotopic (exact) mass is 171 g/mol. The summed E-state index contributed by atoms with van der Waals surface area (Å²) in [5.74, 6) is 0. The molecule has 0 atom stereocenters. The third-order valence-electron chi connectivity index (χ3n) is 0.753. The number of nitrogens with two attached hydrogens (primary N) is 1. The molecule has 11 heavy (non-hydrogen) atoms. The number of hydrogen-bond acceptors (Lipinski definition) is 2. The van der Waals surface area contributed by atoms with Crippen LogP contribution in [0.15, 0.2) is 35.4 Å². The van der Waals surface area contributed by atoms with E-state index in [0.717, 1.165) is 4.91 Å². The zero-order chi connectivity index (χ0) is 9.28. The molecule has 2 heteroatoms. The molecule has 0 unspecified atom stereocenters. The molecule has 0 bridgehead atoms. The van der Waals surface area contributed by atoms with Crippen LogP contribution in [0.25, 0.3) is 0 Å². The third-order valence-corrected chi connectivity index (χ3v) is 0.902. The van der Waals surface area contributed by atoms with Gasteiger partial charge in [-0.1, -0.05) is 26.5 Å². The third kappa shape index (κ3) is 12.5. The van der Waals surface area contributed by atoms with E-state index in [2.05, 4.69) is 19.2 Å². The number of thiol groups is 1. The van der Waals surface area contributed by atoms with Gasteiger partial charge in [0.05, 0.1) is 0 Å². The molecule has 0 rings (SSSR count). The molecule has 1 nitrogen and oxygen atoms in total. The average molecular weight is 171 g/mol. The SMILES string of the molecule is C=C/C(N)=C\C=C(/C)S.CC. The van der Waals surface area contributed by atoms with Gasteiger partial charge in [-0.15, -0.1) is 12.6 Å². The van der Waals surface area contributed by atoms with Crippen LogP contribution in [-0.4, -0.2) is 0 Å². The lowest BCUT2D eigenvalue weighted by Crippen LogP contribution is -1.89. The highest BCUT2D eigenvalue weighted by Crippen LogP contribution is 1.97. The molecule has 0 radical (unpaired) electrons. The summed E-state index contributed by atoms with van der Waals surface area (Å²) in [7, 11) is 0. The molecule has 0 spiro atoms. The van der Waals surface area contributed by atoms with Gasteiger partial charge in [0.1, 0.15) is 0 Å². The van der Waals surface area contributed by atoms with E-state index < -0.39 is 0 Å². The summed E-state index contributed by atoms with van der Waals surface area (Å²) in [6.07, 6.45) is 5.17. The van der Waals surface area contributed by atoms with E-state index in [1.807, 2.05) is 26.8 Å². The van der Waals surface area contributed by atoms with E-state index >= 15 is 0 Å². The first-order valence-corrected chi connectivity index (χ1v) is 4.07. The molecular weight excluding hydrogens is 154 g/mol. The molecule has 0 aromatic carbocycles. The van der Waals surface area contributed by atoms with Gasteiger partial charge in [0.25, 0.3) is 0 Å². The molecule has 0 saturated heterocycles. The molecule has 64 valence electrons. The molecule has 0 fully saturated rings. The average Bonchev–Trinajstić information content (AvgIpc) is 2.04. The van der Waals surface area contributed by atoms with Gasteiger partial charge in [0, 0.05) is 5.70 Å². The Bertz CT molecular complexity index is 153. The maximum Gasteiger partial charge on any atom is 0.0308 e. The molecule has 0 aromatic rings. The standard InChI is InChI=1S/C7H11NS.C2H6/c1-3-7(8)5-4-6(2)9;1-2/h3-5,9H,1,8H2,2H3;1-2H3/b6-4+,7-5+;. The lowest BCUT2D eigenvalue weighted by Gasteiger charge is -1.86. The van der Waals surface area contributed by atoms with Gasteiger partial charge >= 0.3 is 0 Å². The molecule has 0 aliphatic heterocycles. The van der Waals surface area contributed by atoms with Crippen molar-refractivity contribution in [2.24, 2.45) is 5.73 Å². The Kier molecular flexibility index (Phi) is 11.1.